The molecule has 1 aliphatic rings. The lowest BCUT2D eigenvalue weighted by Crippen LogP contribution is -2.32. The van der Waals surface area contributed by atoms with Gasteiger partial charge in [0.05, 0.1) is 10.6 Å². The third kappa shape index (κ3) is 4.26. The number of nitrogens with one attached hydrogen (secondary N) is 1. The number of carbonyl (C=O) groups is 1. The van der Waals surface area contributed by atoms with Crippen LogP contribution in [-0.2, 0) is 14.8 Å². The SMILES string of the molecule is Cc1ccccc1SCC(=O)NS(=O)(=O)c1ccc2c(c1)OCCO2. The van der Waals surface area contributed by atoms with Gasteiger partial charge in [0.15, 0.2) is 11.5 Å². The van der Waals surface area contributed by atoms with E-state index in [-0.39, 0.29) is 10.6 Å². The predicted molar refractivity (Wildman–Crippen MR) is 94.7 cm³/mol. The Balaban J connectivity index is 1.66. The van der Waals surface area contributed by atoms with Crippen molar-refractivity contribution in [3.05, 3.63) is 48.0 Å². The number of amides is 1. The number of benzene rings is 2. The lowest BCUT2D eigenvalue weighted by Gasteiger charge is -2.18. The van der Waals surface area contributed by atoms with Crippen molar-refractivity contribution in [2.24, 2.45) is 0 Å². The highest BCUT2D eigenvalue weighted by Crippen LogP contribution is 2.32. The number of aryl methyl sites for hydroxylation is 1. The van der Waals surface area contributed by atoms with E-state index < -0.39 is 15.9 Å². The van der Waals surface area contributed by atoms with Crippen LogP contribution in [0.2, 0.25) is 0 Å². The van der Waals surface area contributed by atoms with Gasteiger partial charge in [-0.25, -0.2) is 13.1 Å². The summed E-state index contributed by atoms with van der Waals surface area (Å²) in [6, 6.07) is 11.9. The van der Waals surface area contributed by atoms with Gasteiger partial charge < -0.3 is 9.47 Å². The average molecular weight is 379 g/mol. The summed E-state index contributed by atoms with van der Waals surface area (Å²) in [7, 11) is -3.96. The third-order valence-corrected chi connectivity index (χ3v) is 6.07. The Hall–Kier alpha value is -2.19. The molecule has 2 aromatic rings. The van der Waals surface area contributed by atoms with Crippen LogP contribution in [-0.4, -0.2) is 33.3 Å². The van der Waals surface area contributed by atoms with Crippen molar-refractivity contribution in [2.75, 3.05) is 19.0 Å². The molecule has 0 spiro atoms. The van der Waals surface area contributed by atoms with Crippen molar-refractivity contribution >= 4 is 27.7 Å². The summed E-state index contributed by atoms with van der Waals surface area (Å²) in [5.74, 6) is 0.278. The van der Waals surface area contributed by atoms with E-state index in [1.165, 1.54) is 30.0 Å². The highest BCUT2D eigenvalue weighted by Gasteiger charge is 2.21. The van der Waals surface area contributed by atoms with Gasteiger partial charge >= 0.3 is 0 Å². The van der Waals surface area contributed by atoms with Crippen molar-refractivity contribution in [3.63, 3.8) is 0 Å². The summed E-state index contributed by atoms with van der Waals surface area (Å²) in [6.07, 6.45) is 0. The van der Waals surface area contributed by atoms with Gasteiger partial charge in [-0.3, -0.25) is 4.79 Å². The monoisotopic (exact) mass is 379 g/mol. The summed E-state index contributed by atoms with van der Waals surface area (Å²) in [5, 5.41) is 0. The van der Waals surface area contributed by atoms with E-state index >= 15 is 0 Å². The molecule has 0 aliphatic carbocycles. The minimum atomic E-state index is -3.96. The Bertz CT molecular complexity index is 896. The van der Waals surface area contributed by atoms with Gasteiger partial charge in [0.25, 0.3) is 10.0 Å². The minimum absolute atomic E-state index is 0.00857. The topological polar surface area (TPSA) is 81.7 Å². The molecule has 132 valence electrons. The van der Waals surface area contributed by atoms with Gasteiger partial charge in [0.2, 0.25) is 5.91 Å². The zero-order valence-corrected chi connectivity index (χ0v) is 15.2. The maximum atomic E-state index is 12.4. The molecular formula is C17H17NO5S2. The molecule has 0 fully saturated rings. The number of thioether (sulfide) groups is 1. The van der Waals surface area contributed by atoms with Gasteiger partial charge in [0.1, 0.15) is 13.2 Å². The van der Waals surface area contributed by atoms with Gasteiger partial charge in [-0.2, -0.15) is 0 Å². The van der Waals surface area contributed by atoms with Gasteiger partial charge in [-0.15, -0.1) is 11.8 Å². The molecule has 2 aromatic carbocycles. The van der Waals surface area contributed by atoms with E-state index in [1.54, 1.807) is 0 Å². The maximum absolute atomic E-state index is 12.4. The smallest absolute Gasteiger partial charge is 0.264 e. The van der Waals surface area contributed by atoms with Crippen LogP contribution < -0.4 is 14.2 Å². The fourth-order valence-corrected chi connectivity index (χ4v) is 4.21. The molecule has 0 aromatic heterocycles. The van der Waals surface area contributed by atoms with Crippen LogP contribution in [0.15, 0.2) is 52.3 Å². The van der Waals surface area contributed by atoms with Gasteiger partial charge in [-0.1, -0.05) is 18.2 Å². The summed E-state index contributed by atoms with van der Waals surface area (Å²) in [6.45, 7) is 2.72. The van der Waals surface area contributed by atoms with E-state index in [0.717, 1.165) is 10.5 Å². The molecule has 8 heteroatoms. The molecule has 1 heterocycles. The Morgan fingerprint density at radius 3 is 2.60 bits per heavy atom. The first-order chi connectivity index (χ1) is 12.0. The number of rotatable bonds is 5. The van der Waals surface area contributed by atoms with Gasteiger partial charge in [-0.05, 0) is 30.7 Å². The number of sulfonamides is 1. The third-order valence-electron chi connectivity index (χ3n) is 3.52. The number of hydrogen-bond donors (Lipinski definition) is 1. The first-order valence-corrected chi connectivity index (χ1v) is 10.1. The number of carbonyl (C=O) groups excluding carboxylic acids is 1. The zero-order chi connectivity index (χ0) is 17.9. The second kappa shape index (κ2) is 7.37. The van der Waals surface area contributed by atoms with Crippen LogP contribution in [0.25, 0.3) is 0 Å². The quantitative estimate of drug-likeness (QED) is 0.803. The largest absolute Gasteiger partial charge is 0.486 e. The second-order valence-corrected chi connectivity index (χ2v) is 8.09. The number of fused-ring (bicyclic) bond motifs is 1. The maximum Gasteiger partial charge on any atom is 0.264 e. The van der Waals surface area contributed by atoms with E-state index in [2.05, 4.69) is 4.72 Å². The highest BCUT2D eigenvalue weighted by molar-refractivity contribution is 8.00. The predicted octanol–water partition coefficient (Wildman–Crippen LogP) is 2.36. The molecule has 0 radical (unpaired) electrons. The fourth-order valence-electron chi connectivity index (χ4n) is 2.29. The standard InChI is InChI=1S/C17H17NO5S2/c1-12-4-2-3-5-16(12)24-11-17(19)18-25(20,21)13-6-7-14-15(10-13)23-9-8-22-14/h2-7,10H,8-9,11H2,1H3,(H,18,19). The first kappa shape index (κ1) is 17.6. The van der Waals surface area contributed by atoms with E-state index in [4.69, 9.17) is 9.47 Å². The van der Waals surface area contributed by atoms with E-state index in [1.807, 2.05) is 31.2 Å². The summed E-state index contributed by atoms with van der Waals surface area (Å²) in [4.78, 5) is 12.9. The normalized spacial score (nSPS) is 13.3. The molecule has 0 saturated heterocycles. The van der Waals surface area contributed by atoms with Crippen LogP contribution in [0.3, 0.4) is 0 Å². The van der Waals surface area contributed by atoms with Crippen LogP contribution in [0, 0.1) is 6.92 Å². The zero-order valence-electron chi connectivity index (χ0n) is 13.5. The molecule has 0 bridgehead atoms. The lowest BCUT2D eigenvalue weighted by atomic mass is 10.2. The molecular weight excluding hydrogens is 362 g/mol. The highest BCUT2D eigenvalue weighted by atomic mass is 32.2. The molecule has 6 nitrogen and oxygen atoms in total. The Labute approximate surface area is 150 Å². The lowest BCUT2D eigenvalue weighted by molar-refractivity contribution is -0.116. The second-order valence-electron chi connectivity index (χ2n) is 5.39. The van der Waals surface area contributed by atoms with Crippen molar-refractivity contribution in [1.29, 1.82) is 0 Å². The summed E-state index contributed by atoms with van der Waals surface area (Å²) in [5.41, 5.74) is 1.04. The van der Waals surface area contributed by atoms with Crippen molar-refractivity contribution in [2.45, 2.75) is 16.7 Å². The average Bonchev–Trinajstić information content (AvgIpc) is 2.60. The van der Waals surface area contributed by atoms with Crippen LogP contribution >= 0.6 is 11.8 Å². The van der Waals surface area contributed by atoms with E-state index in [0.29, 0.717) is 24.7 Å². The Morgan fingerprint density at radius 2 is 1.84 bits per heavy atom. The van der Waals surface area contributed by atoms with Crippen molar-refractivity contribution < 1.29 is 22.7 Å². The molecule has 0 unspecified atom stereocenters. The van der Waals surface area contributed by atoms with Gasteiger partial charge in [0, 0.05) is 11.0 Å². The van der Waals surface area contributed by atoms with Crippen LogP contribution in [0.4, 0.5) is 0 Å². The van der Waals surface area contributed by atoms with Crippen molar-refractivity contribution in [1.82, 2.24) is 4.72 Å². The minimum Gasteiger partial charge on any atom is -0.486 e. The molecule has 1 amide bonds. The fraction of sp³-hybridized carbons (Fsp3) is 0.235. The summed E-state index contributed by atoms with van der Waals surface area (Å²) < 4.78 is 37.6. The molecule has 1 aliphatic heterocycles. The number of ether oxygens (including phenoxy) is 2. The molecule has 0 saturated carbocycles. The molecule has 0 atom stereocenters. The first-order valence-electron chi connectivity index (χ1n) is 7.59. The van der Waals surface area contributed by atoms with E-state index in [9.17, 15) is 13.2 Å². The van der Waals surface area contributed by atoms with Crippen LogP contribution in [0.5, 0.6) is 11.5 Å². The van der Waals surface area contributed by atoms with Crippen molar-refractivity contribution in [3.8, 4) is 11.5 Å². The molecule has 25 heavy (non-hydrogen) atoms. The summed E-state index contributed by atoms with van der Waals surface area (Å²) >= 11 is 1.29. The van der Waals surface area contributed by atoms with Crippen LogP contribution in [0.1, 0.15) is 5.56 Å². The molecule has 3 rings (SSSR count). The Kier molecular flexibility index (Phi) is 5.19. The number of hydrogen-bond acceptors (Lipinski definition) is 6. The Morgan fingerprint density at radius 1 is 1.12 bits per heavy atom. The molecule has 1 N–H and O–H groups in total.